The van der Waals surface area contributed by atoms with Gasteiger partial charge in [-0.2, -0.15) is 0 Å². The lowest BCUT2D eigenvalue weighted by Crippen LogP contribution is -2.45. The lowest BCUT2D eigenvalue weighted by atomic mass is 9.96. The zero-order valence-electron chi connectivity index (χ0n) is 11.6. The lowest BCUT2D eigenvalue weighted by Gasteiger charge is -2.38. The van der Waals surface area contributed by atoms with Crippen LogP contribution in [0.5, 0.6) is 0 Å². The summed E-state index contributed by atoms with van der Waals surface area (Å²) < 4.78 is 0. The number of aryl methyl sites for hydroxylation is 1. The molecule has 1 amide bonds. The molecular formula is C15H22N2O. The van der Waals surface area contributed by atoms with Gasteiger partial charge in [-0.3, -0.25) is 4.79 Å². The maximum Gasteiger partial charge on any atom is 0.225 e. The molecule has 0 aromatic heterocycles. The van der Waals surface area contributed by atoms with Crippen molar-refractivity contribution in [2.75, 3.05) is 0 Å². The van der Waals surface area contributed by atoms with Gasteiger partial charge in [0.15, 0.2) is 0 Å². The van der Waals surface area contributed by atoms with Crippen molar-refractivity contribution in [1.29, 1.82) is 0 Å². The number of carbonyl (C=O) groups excluding carboxylic acids is 1. The summed E-state index contributed by atoms with van der Waals surface area (Å²) in [7, 11) is 0. The van der Waals surface area contributed by atoms with Gasteiger partial charge in [0, 0.05) is 18.0 Å². The molecular weight excluding hydrogens is 224 g/mol. The third-order valence-corrected chi connectivity index (χ3v) is 3.50. The third-order valence-electron chi connectivity index (χ3n) is 3.50. The number of carbonyl (C=O) groups is 1. The summed E-state index contributed by atoms with van der Waals surface area (Å²) in [6.07, 6.45) is 0.440. The van der Waals surface area contributed by atoms with E-state index in [2.05, 4.69) is 52.0 Å². The number of hydrogen-bond acceptors (Lipinski definition) is 2. The summed E-state index contributed by atoms with van der Waals surface area (Å²) in [6, 6.07) is 8.20. The highest BCUT2D eigenvalue weighted by molar-refractivity contribution is 5.81. The van der Waals surface area contributed by atoms with Gasteiger partial charge in [0.1, 0.15) is 0 Å². The van der Waals surface area contributed by atoms with Crippen LogP contribution in [-0.4, -0.2) is 22.4 Å². The molecule has 1 heterocycles. The molecule has 0 aliphatic carbocycles. The Bertz CT molecular complexity index is 445. The molecule has 0 saturated carbocycles. The molecule has 1 aromatic carbocycles. The second-order valence-electron chi connectivity index (χ2n) is 6.16. The Balaban J connectivity index is 2.40. The molecule has 1 aliphatic rings. The maximum atomic E-state index is 12.1. The van der Waals surface area contributed by atoms with E-state index in [0.29, 0.717) is 6.42 Å². The average Bonchev–Trinajstić information content (AvgIpc) is 2.54. The van der Waals surface area contributed by atoms with Crippen LogP contribution in [0.2, 0.25) is 0 Å². The van der Waals surface area contributed by atoms with Crippen LogP contribution in [0.1, 0.15) is 44.4 Å². The van der Waals surface area contributed by atoms with Gasteiger partial charge in [-0.05, 0) is 33.3 Å². The Morgan fingerprint density at radius 3 is 2.28 bits per heavy atom. The summed E-state index contributed by atoms with van der Waals surface area (Å²) in [5.74, 6) is 0.153. The van der Waals surface area contributed by atoms with E-state index in [9.17, 15) is 4.79 Å². The fourth-order valence-corrected chi connectivity index (χ4v) is 2.71. The monoisotopic (exact) mass is 246 g/mol. The van der Waals surface area contributed by atoms with Gasteiger partial charge < -0.3 is 10.6 Å². The zero-order valence-corrected chi connectivity index (χ0v) is 11.6. The number of benzene rings is 1. The van der Waals surface area contributed by atoms with Gasteiger partial charge in [0.25, 0.3) is 0 Å². The summed E-state index contributed by atoms with van der Waals surface area (Å²) >= 11 is 0. The molecule has 3 heteroatoms. The number of likely N-dealkylation sites (tertiary alicyclic amines) is 1. The minimum absolute atomic E-state index is 0.00176. The highest BCUT2D eigenvalue weighted by Crippen LogP contribution is 2.37. The van der Waals surface area contributed by atoms with E-state index >= 15 is 0 Å². The van der Waals surface area contributed by atoms with Crippen molar-refractivity contribution in [2.24, 2.45) is 5.73 Å². The van der Waals surface area contributed by atoms with Gasteiger partial charge in [-0.1, -0.05) is 29.8 Å². The van der Waals surface area contributed by atoms with Crippen LogP contribution in [0.25, 0.3) is 0 Å². The Hall–Kier alpha value is -1.35. The predicted molar refractivity (Wildman–Crippen MR) is 73.1 cm³/mol. The normalized spacial score (nSPS) is 24.7. The average molecular weight is 246 g/mol. The van der Waals surface area contributed by atoms with Crippen molar-refractivity contribution in [3.8, 4) is 0 Å². The highest BCUT2D eigenvalue weighted by atomic mass is 16.2. The molecule has 2 atom stereocenters. The zero-order chi connectivity index (χ0) is 13.5. The van der Waals surface area contributed by atoms with E-state index in [-0.39, 0.29) is 23.5 Å². The Morgan fingerprint density at radius 2 is 1.78 bits per heavy atom. The number of hydrogen-bond donors (Lipinski definition) is 1. The van der Waals surface area contributed by atoms with Gasteiger partial charge in [-0.15, -0.1) is 0 Å². The van der Waals surface area contributed by atoms with E-state index in [1.807, 2.05) is 4.90 Å². The molecule has 1 saturated heterocycles. The van der Waals surface area contributed by atoms with Gasteiger partial charge in [0.2, 0.25) is 5.91 Å². The minimum Gasteiger partial charge on any atom is -0.329 e. The smallest absolute Gasteiger partial charge is 0.225 e. The number of amides is 1. The summed E-state index contributed by atoms with van der Waals surface area (Å²) in [6.45, 7) is 8.24. The molecule has 1 fully saturated rings. The minimum atomic E-state index is -0.194. The van der Waals surface area contributed by atoms with Crippen molar-refractivity contribution >= 4 is 5.91 Å². The van der Waals surface area contributed by atoms with Crippen molar-refractivity contribution in [3.63, 3.8) is 0 Å². The standard InChI is InChI=1S/C15H22N2O/c1-10-5-7-11(8-6-10)14-12(16)9-13(18)17(14)15(2,3)4/h5-8,12,14H,9,16H2,1-4H3. The summed E-state index contributed by atoms with van der Waals surface area (Å²) in [5.41, 5.74) is 8.32. The van der Waals surface area contributed by atoms with E-state index in [1.54, 1.807) is 0 Å². The quantitative estimate of drug-likeness (QED) is 0.827. The van der Waals surface area contributed by atoms with Crippen LogP contribution < -0.4 is 5.73 Å². The third kappa shape index (κ3) is 2.27. The lowest BCUT2D eigenvalue weighted by molar-refractivity contribution is -0.133. The van der Waals surface area contributed by atoms with Gasteiger partial charge in [0.05, 0.1) is 6.04 Å². The molecule has 1 aliphatic heterocycles. The SMILES string of the molecule is Cc1ccc(C2C(N)CC(=O)N2C(C)(C)C)cc1. The predicted octanol–water partition coefficient (Wildman–Crippen LogP) is 2.39. The summed E-state index contributed by atoms with van der Waals surface area (Å²) in [4.78, 5) is 14.1. The number of rotatable bonds is 1. The van der Waals surface area contributed by atoms with Crippen LogP contribution >= 0.6 is 0 Å². The van der Waals surface area contributed by atoms with Crippen molar-refractivity contribution < 1.29 is 4.79 Å². The maximum absolute atomic E-state index is 12.1. The summed E-state index contributed by atoms with van der Waals surface area (Å²) in [5, 5.41) is 0. The van der Waals surface area contributed by atoms with E-state index < -0.39 is 0 Å². The Labute approximate surface area is 109 Å². The largest absolute Gasteiger partial charge is 0.329 e. The van der Waals surface area contributed by atoms with Crippen molar-refractivity contribution in [2.45, 2.75) is 51.7 Å². The first-order valence-corrected chi connectivity index (χ1v) is 6.45. The van der Waals surface area contributed by atoms with E-state index in [0.717, 1.165) is 5.56 Å². The Kier molecular flexibility index (Phi) is 3.20. The van der Waals surface area contributed by atoms with Crippen molar-refractivity contribution in [3.05, 3.63) is 35.4 Å². The molecule has 0 radical (unpaired) electrons. The highest BCUT2D eigenvalue weighted by Gasteiger charge is 2.43. The molecule has 18 heavy (non-hydrogen) atoms. The molecule has 1 aromatic rings. The van der Waals surface area contributed by atoms with Crippen LogP contribution in [0.3, 0.4) is 0 Å². The first-order chi connectivity index (χ1) is 8.30. The number of nitrogens with two attached hydrogens (primary N) is 1. The topological polar surface area (TPSA) is 46.3 Å². The van der Waals surface area contributed by atoms with Crippen LogP contribution in [0.4, 0.5) is 0 Å². The van der Waals surface area contributed by atoms with Gasteiger partial charge in [-0.25, -0.2) is 0 Å². The first kappa shape index (κ1) is 13.1. The van der Waals surface area contributed by atoms with Gasteiger partial charge >= 0.3 is 0 Å². The fourth-order valence-electron chi connectivity index (χ4n) is 2.71. The van der Waals surface area contributed by atoms with E-state index in [1.165, 1.54) is 5.56 Å². The van der Waals surface area contributed by atoms with Crippen molar-refractivity contribution in [1.82, 2.24) is 4.90 Å². The molecule has 2 unspecified atom stereocenters. The molecule has 2 N–H and O–H groups in total. The first-order valence-electron chi connectivity index (χ1n) is 6.45. The molecule has 3 nitrogen and oxygen atoms in total. The van der Waals surface area contributed by atoms with Crippen LogP contribution in [0, 0.1) is 6.92 Å². The molecule has 0 bridgehead atoms. The van der Waals surface area contributed by atoms with E-state index in [4.69, 9.17) is 5.73 Å². The molecule has 2 rings (SSSR count). The second-order valence-corrected chi connectivity index (χ2v) is 6.16. The fraction of sp³-hybridized carbons (Fsp3) is 0.533. The second kappa shape index (κ2) is 4.39. The Morgan fingerprint density at radius 1 is 1.22 bits per heavy atom. The van der Waals surface area contributed by atoms with Crippen LogP contribution in [0.15, 0.2) is 24.3 Å². The number of nitrogens with zero attached hydrogens (tertiary/aromatic N) is 1. The molecule has 0 spiro atoms. The van der Waals surface area contributed by atoms with Crippen LogP contribution in [-0.2, 0) is 4.79 Å². The molecule has 98 valence electrons.